The number of amides is 2. The van der Waals surface area contributed by atoms with Crippen molar-refractivity contribution in [3.8, 4) is 5.75 Å². The van der Waals surface area contributed by atoms with Crippen LogP contribution in [0.1, 0.15) is 12.0 Å². The molecule has 2 saturated heterocycles. The van der Waals surface area contributed by atoms with Crippen LogP contribution in [0.2, 0.25) is 5.02 Å². The Morgan fingerprint density at radius 2 is 1.86 bits per heavy atom. The van der Waals surface area contributed by atoms with Gasteiger partial charge in [0, 0.05) is 47.2 Å². The van der Waals surface area contributed by atoms with E-state index in [0.29, 0.717) is 29.5 Å². The van der Waals surface area contributed by atoms with E-state index < -0.39 is 11.8 Å². The molecule has 7 nitrogen and oxygen atoms in total. The summed E-state index contributed by atoms with van der Waals surface area (Å²) in [6.07, 6.45) is 1.07. The lowest BCUT2D eigenvalue weighted by Gasteiger charge is -2.35. The monoisotopic (exact) mass is 411 g/mol. The molecular formula is C21H18ClN3O4. The molecular weight excluding hydrogens is 394 g/mol. The van der Waals surface area contributed by atoms with Gasteiger partial charge in [0.25, 0.3) is 0 Å². The molecule has 0 radical (unpaired) electrons. The topological polar surface area (TPSA) is 79.0 Å². The number of rotatable bonds is 2. The van der Waals surface area contributed by atoms with Gasteiger partial charge < -0.3 is 19.9 Å². The van der Waals surface area contributed by atoms with Crippen molar-refractivity contribution in [3.63, 3.8) is 0 Å². The van der Waals surface area contributed by atoms with Crippen molar-refractivity contribution >= 4 is 40.8 Å². The van der Waals surface area contributed by atoms with Gasteiger partial charge in [0.2, 0.25) is 0 Å². The highest BCUT2D eigenvalue weighted by Gasteiger charge is 2.46. The Hall–Kier alpha value is -3.06. The van der Waals surface area contributed by atoms with Gasteiger partial charge in [-0.15, -0.1) is 0 Å². The summed E-state index contributed by atoms with van der Waals surface area (Å²) in [5.74, 6) is -1.11. The zero-order valence-corrected chi connectivity index (χ0v) is 16.2. The number of hydrogen-bond acceptors (Lipinski definition) is 5. The first-order valence-electron chi connectivity index (χ1n) is 9.46. The summed E-state index contributed by atoms with van der Waals surface area (Å²) in [5, 5.41) is 3.31. The lowest BCUT2D eigenvalue weighted by atomic mass is 10.1. The molecule has 2 amide bonds. The smallest absolute Gasteiger partial charge is 0.315 e. The summed E-state index contributed by atoms with van der Waals surface area (Å²) in [5.41, 5.74) is 2.29. The van der Waals surface area contributed by atoms with E-state index in [2.05, 4.69) is 10.2 Å². The molecule has 0 saturated carbocycles. The van der Waals surface area contributed by atoms with Crippen LogP contribution in [0.15, 0.2) is 42.5 Å². The van der Waals surface area contributed by atoms with Crippen LogP contribution in [0, 0.1) is 0 Å². The molecule has 5 rings (SSSR count). The highest BCUT2D eigenvalue weighted by Crippen LogP contribution is 2.35. The van der Waals surface area contributed by atoms with E-state index in [0.717, 1.165) is 17.7 Å². The molecule has 2 aromatic rings. The van der Waals surface area contributed by atoms with Crippen molar-refractivity contribution in [2.45, 2.75) is 24.9 Å². The van der Waals surface area contributed by atoms with E-state index in [9.17, 15) is 14.4 Å². The van der Waals surface area contributed by atoms with Crippen molar-refractivity contribution in [3.05, 3.63) is 53.1 Å². The number of nitrogens with one attached hydrogen (secondary N) is 1. The van der Waals surface area contributed by atoms with Crippen LogP contribution >= 0.6 is 11.6 Å². The van der Waals surface area contributed by atoms with Crippen molar-refractivity contribution in [2.75, 3.05) is 23.3 Å². The number of carbonyl (C=O) groups excluding carboxylic acids is 3. The van der Waals surface area contributed by atoms with Gasteiger partial charge in [-0.1, -0.05) is 17.7 Å². The molecule has 1 N–H and O–H groups in total. The number of hydrogen-bond donors (Lipinski definition) is 1. The zero-order valence-electron chi connectivity index (χ0n) is 15.4. The normalized spacial score (nSPS) is 21.9. The maximum absolute atomic E-state index is 12.7. The van der Waals surface area contributed by atoms with Crippen LogP contribution in [0.5, 0.6) is 5.75 Å². The standard InChI is InChI=1S/C21H18ClN3O4/c22-13-2-5-15(6-3-13)24-10-17-9-16(24)11-25(17)21(28)20(27)23-14-4-1-12-7-19(26)29-18(12)8-14/h1-6,8,16-17H,7,9-11H2,(H,23,27)/t16-,17-/m0/s1. The van der Waals surface area contributed by atoms with Gasteiger partial charge in [0.15, 0.2) is 0 Å². The average Bonchev–Trinajstić information content (AvgIpc) is 3.40. The largest absolute Gasteiger partial charge is 0.426 e. The summed E-state index contributed by atoms with van der Waals surface area (Å²) in [7, 11) is 0. The third kappa shape index (κ3) is 3.21. The lowest BCUT2D eigenvalue weighted by Crippen LogP contribution is -2.51. The molecule has 8 heteroatoms. The number of anilines is 2. The fourth-order valence-electron chi connectivity index (χ4n) is 4.37. The molecule has 0 aliphatic carbocycles. The van der Waals surface area contributed by atoms with Crippen LogP contribution in [-0.4, -0.2) is 47.9 Å². The number of likely N-dealkylation sites (tertiary alicyclic amines) is 1. The molecule has 2 bridgehead atoms. The van der Waals surface area contributed by atoms with Crippen molar-refractivity contribution < 1.29 is 19.1 Å². The Morgan fingerprint density at radius 1 is 1.07 bits per heavy atom. The van der Waals surface area contributed by atoms with Crippen LogP contribution in [0.3, 0.4) is 0 Å². The minimum atomic E-state index is -0.681. The lowest BCUT2D eigenvalue weighted by molar-refractivity contribution is -0.143. The third-order valence-electron chi connectivity index (χ3n) is 5.74. The number of halogens is 1. The summed E-state index contributed by atoms with van der Waals surface area (Å²) < 4.78 is 5.09. The second-order valence-electron chi connectivity index (χ2n) is 7.56. The van der Waals surface area contributed by atoms with Gasteiger partial charge in [-0.3, -0.25) is 14.4 Å². The highest BCUT2D eigenvalue weighted by atomic mass is 35.5. The number of piperazine rings is 1. The molecule has 0 spiro atoms. The number of fused-ring (bicyclic) bond motifs is 3. The van der Waals surface area contributed by atoms with Gasteiger partial charge in [-0.2, -0.15) is 0 Å². The van der Waals surface area contributed by atoms with E-state index in [1.165, 1.54) is 0 Å². The van der Waals surface area contributed by atoms with E-state index in [-0.39, 0.29) is 24.5 Å². The number of nitrogens with zero attached hydrogens (tertiary/aromatic N) is 2. The van der Waals surface area contributed by atoms with E-state index in [1.54, 1.807) is 23.1 Å². The summed E-state index contributed by atoms with van der Waals surface area (Å²) in [6, 6.07) is 12.8. The molecule has 148 valence electrons. The maximum Gasteiger partial charge on any atom is 0.315 e. The second-order valence-corrected chi connectivity index (χ2v) is 7.99. The molecule has 2 fully saturated rings. The Balaban J connectivity index is 1.23. The quantitative estimate of drug-likeness (QED) is 0.466. The fourth-order valence-corrected chi connectivity index (χ4v) is 4.49. The fraction of sp³-hybridized carbons (Fsp3) is 0.286. The first kappa shape index (κ1) is 18.0. The molecule has 2 aromatic carbocycles. The SMILES string of the molecule is O=C1Cc2ccc(NC(=O)C(=O)N3C[C@@H]4C[C@H]3CN4c3ccc(Cl)cc3)cc2O1. The predicted molar refractivity (Wildman–Crippen MR) is 107 cm³/mol. The Bertz CT molecular complexity index is 1020. The number of benzene rings is 2. The molecule has 3 aliphatic heterocycles. The van der Waals surface area contributed by atoms with Crippen LogP contribution in [-0.2, 0) is 20.8 Å². The minimum absolute atomic E-state index is 0.00917. The molecule has 0 aromatic heterocycles. The predicted octanol–water partition coefficient (Wildman–Crippen LogP) is 2.23. The summed E-state index contributed by atoms with van der Waals surface area (Å²) in [4.78, 5) is 40.5. The third-order valence-corrected chi connectivity index (χ3v) is 5.99. The van der Waals surface area contributed by atoms with Gasteiger partial charge >= 0.3 is 17.8 Å². The molecule has 29 heavy (non-hydrogen) atoms. The van der Waals surface area contributed by atoms with Crippen molar-refractivity contribution in [2.24, 2.45) is 0 Å². The first-order chi connectivity index (χ1) is 14.0. The summed E-state index contributed by atoms with van der Waals surface area (Å²) in [6.45, 7) is 1.21. The number of ether oxygens (including phenoxy) is 1. The van der Waals surface area contributed by atoms with E-state index >= 15 is 0 Å². The van der Waals surface area contributed by atoms with E-state index in [1.807, 2.05) is 24.3 Å². The van der Waals surface area contributed by atoms with Crippen LogP contribution in [0.4, 0.5) is 11.4 Å². The number of carbonyl (C=O) groups is 3. The van der Waals surface area contributed by atoms with Crippen LogP contribution in [0.25, 0.3) is 0 Å². The van der Waals surface area contributed by atoms with Gasteiger partial charge in [-0.25, -0.2) is 0 Å². The van der Waals surface area contributed by atoms with Crippen LogP contribution < -0.4 is 15.0 Å². The average molecular weight is 412 g/mol. The zero-order chi connectivity index (χ0) is 20.1. The Kier molecular flexibility index (Phi) is 4.20. The van der Waals surface area contributed by atoms with E-state index in [4.69, 9.17) is 16.3 Å². The minimum Gasteiger partial charge on any atom is -0.426 e. The second kappa shape index (κ2) is 6.77. The Morgan fingerprint density at radius 3 is 2.59 bits per heavy atom. The Labute approximate surface area is 172 Å². The first-order valence-corrected chi connectivity index (χ1v) is 9.83. The van der Waals surface area contributed by atoms with Crippen molar-refractivity contribution in [1.82, 2.24) is 4.90 Å². The van der Waals surface area contributed by atoms with Gasteiger partial charge in [-0.05, 0) is 36.8 Å². The van der Waals surface area contributed by atoms with Crippen molar-refractivity contribution in [1.29, 1.82) is 0 Å². The molecule has 0 unspecified atom stereocenters. The van der Waals surface area contributed by atoms with Gasteiger partial charge in [0.05, 0.1) is 12.5 Å². The highest BCUT2D eigenvalue weighted by molar-refractivity contribution is 6.39. The number of esters is 1. The summed E-state index contributed by atoms with van der Waals surface area (Å²) >= 11 is 5.96. The molecule has 3 aliphatic rings. The maximum atomic E-state index is 12.7. The molecule has 3 heterocycles. The molecule has 2 atom stereocenters. The van der Waals surface area contributed by atoms with Gasteiger partial charge in [0.1, 0.15) is 5.75 Å².